The lowest BCUT2D eigenvalue weighted by atomic mass is 10.1. The molecule has 1 heterocycles. The molecule has 2 rings (SSSR count). The van der Waals surface area contributed by atoms with Crippen molar-refractivity contribution < 1.29 is 9.18 Å². The number of carbonyl (C=O) groups excluding carboxylic acids is 1. The van der Waals surface area contributed by atoms with Gasteiger partial charge in [-0.25, -0.2) is 4.39 Å². The van der Waals surface area contributed by atoms with Crippen LogP contribution in [0, 0.1) is 5.82 Å². The first kappa shape index (κ1) is 11.5. The molecule has 0 aromatic heterocycles. The van der Waals surface area contributed by atoms with Crippen molar-refractivity contribution in [1.29, 1.82) is 0 Å². The highest BCUT2D eigenvalue weighted by atomic mass is 32.2. The minimum absolute atomic E-state index is 0.0768. The van der Waals surface area contributed by atoms with Crippen LogP contribution in [0.2, 0.25) is 0 Å². The highest BCUT2D eigenvalue weighted by Crippen LogP contribution is 2.19. The Morgan fingerprint density at radius 1 is 1.50 bits per heavy atom. The van der Waals surface area contributed by atoms with Crippen molar-refractivity contribution in [2.45, 2.75) is 6.42 Å². The normalized spacial score (nSPS) is 15.6. The smallest absolute Gasteiger partial charge is 0.232 e. The Balaban J connectivity index is 2.08. The van der Waals surface area contributed by atoms with Crippen LogP contribution < -0.4 is 0 Å². The van der Waals surface area contributed by atoms with Gasteiger partial charge in [-0.2, -0.15) is 0 Å². The number of halogens is 1. The van der Waals surface area contributed by atoms with E-state index in [4.69, 9.17) is 12.2 Å². The molecule has 0 N–H and O–H groups in total. The van der Waals surface area contributed by atoms with Crippen molar-refractivity contribution >= 4 is 34.2 Å². The zero-order chi connectivity index (χ0) is 11.5. The summed E-state index contributed by atoms with van der Waals surface area (Å²) in [6.07, 6.45) is 0.0768. The molecule has 0 saturated carbocycles. The molecule has 84 valence electrons. The third-order valence-corrected chi connectivity index (χ3v) is 3.79. The lowest BCUT2D eigenvalue weighted by Gasteiger charge is -2.14. The molecule has 1 saturated heterocycles. The first-order chi connectivity index (χ1) is 7.68. The number of thioether (sulfide) groups is 1. The minimum Gasteiger partial charge on any atom is -0.297 e. The number of carbonyl (C=O) groups is 1. The quantitative estimate of drug-likeness (QED) is 0.756. The maximum absolute atomic E-state index is 13.3. The molecule has 0 radical (unpaired) electrons. The van der Waals surface area contributed by atoms with Gasteiger partial charge in [0, 0.05) is 12.3 Å². The van der Waals surface area contributed by atoms with Gasteiger partial charge in [0.2, 0.25) is 5.91 Å². The Bertz CT molecular complexity index is 436. The van der Waals surface area contributed by atoms with Crippen LogP contribution in [0.5, 0.6) is 0 Å². The Morgan fingerprint density at radius 3 is 2.88 bits per heavy atom. The van der Waals surface area contributed by atoms with Crippen molar-refractivity contribution in [2.75, 3.05) is 12.3 Å². The van der Waals surface area contributed by atoms with E-state index >= 15 is 0 Å². The molecule has 1 aromatic carbocycles. The van der Waals surface area contributed by atoms with Crippen LogP contribution in [-0.2, 0) is 11.2 Å². The summed E-state index contributed by atoms with van der Waals surface area (Å²) in [4.78, 5) is 13.4. The fraction of sp³-hybridized carbons (Fsp3) is 0.273. The molecule has 1 aromatic rings. The van der Waals surface area contributed by atoms with Gasteiger partial charge in [0.15, 0.2) is 0 Å². The number of amides is 1. The second-order valence-corrected chi connectivity index (χ2v) is 5.16. The van der Waals surface area contributed by atoms with Crippen molar-refractivity contribution in [1.82, 2.24) is 4.90 Å². The van der Waals surface area contributed by atoms with Gasteiger partial charge in [0.05, 0.1) is 6.42 Å². The first-order valence-electron chi connectivity index (χ1n) is 4.89. The molecule has 0 bridgehead atoms. The summed E-state index contributed by atoms with van der Waals surface area (Å²) in [6.45, 7) is 0.636. The van der Waals surface area contributed by atoms with Crippen molar-refractivity contribution in [3.8, 4) is 0 Å². The van der Waals surface area contributed by atoms with Crippen LogP contribution in [0.1, 0.15) is 5.56 Å². The maximum atomic E-state index is 13.3. The second kappa shape index (κ2) is 4.93. The van der Waals surface area contributed by atoms with Gasteiger partial charge < -0.3 is 0 Å². The lowest BCUT2D eigenvalue weighted by molar-refractivity contribution is -0.126. The zero-order valence-electron chi connectivity index (χ0n) is 8.48. The number of benzene rings is 1. The third kappa shape index (κ3) is 2.41. The topological polar surface area (TPSA) is 20.3 Å². The number of nitrogens with zero attached hydrogens (tertiary/aromatic N) is 1. The fourth-order valence-electron chi connectivity index (χ4n) is 1.52. The average Bonchev–Trinajstić information content (AvgIpc) is 2.68. The van der Waals surface area contributed by atoms with Crippen molar-refractivity contribution in [3.63, 3.8) is 0 Å². The van der Waals surface area contributed by atoms with Crippen LogP contribution >= 0.6 is 24.0 Å². The molecule has 1 aliphatic rings. The summed E-state index contributed by atoms with van der Waals surface area (Å²) in [6, 6.07) is 6.32. The Kier molecular flexibility index (Phi) is 3.56. The highest BCUT2D eigenvalue weighted by molar-refractivity contribution is 8.23. The average molecular weight is 255 g/mol. The van der Waals surface area contributed by atoms with Gasteiger partial charge in [0.1, 0.15) is 10.1 Å². The molecule has 0 aliphatic carbocycles. The third-order valence-electron chi connectivity index (χ3n) is 2.36. The van der Waals surface area contributed by atoms with E-state index in [0.717, 1.165) is 5.75 Å². The molecule has 5 heteroatoms. The van der Waals surface area contributed by atoms with E-state index in [1.165, 1.54) is 17.8 Å². The SMILES string of the molecule is O=C(Cc1ccccc1F)N1CCSC1=S. The Labute approximate surface area is 103 Å². The molecular weight excluding hydrogens is 245 g/mol. The van der Waals surface area contributed by atoms with E-state index in [-0.39, 0.29) is 18.1 Å². The summed E-state index contributed by atoms with van der Waals surface area (Å²) in [5.74, 6) is 0.371. The van der Waals surface area contributed by atoms with E-state index in [9.17, 15) is 9.18 Å². The number of rotatable bonds is 2. The molecular formula is C11H10FNOS2. The van der Waals surface area contributed by atoms with E-state index in [1.54, 1.807) is 23.1 Å². The van der Waals surface area contributed by atoms with Crippen LogP contribution in [0.15, 0.2) is 24.3 Å². The monoisotopic (exact) mass is 255 g/mol. The highest BCUT2D eigenvalue weighted by Gasteiger charge is 2.24. The van der Waals surface area contributed by atoms with Gasteiger partial charge in [-0.1, -0.05) is 42.2 Å². The molecule has 0 unspecified atom stereocenters. The number of hydrogen-bond donors (Lipinski definition) is 0. The number of hydrogen-bond acceptors (Lipinski definition) is 3. The lowest BCUT2D eigenvalue weighted by Crippen LogP contribution is -2.32. The standard InChI is InChI=1S/C11H10FNOS2/c12-9-4-2-1-3-8(9)7-10(14)13-5-6-16-11(13)15/h1-4H,5-7H2. The molecule has 0 atom stereocenters. The molecule has 2 nitrogen and oxygen atoms in total. The zero-order valence-corrected chi connectivity index (χ0v) is 10.1. The van der Waals surface area contributed by atoms with Crippen LogP contribution in [0.4, 0.5) is 4.39 Å². The predicted molar refractivity (Wildman–Crippen MR) is 66.9 cm³/mol. The van der Waals surface area contributed by atoms with E-state index < -0.39 is 0 Å². The summed E-state index contributed by atoms with van der Waals surface area (Å²) >= 11 is 6.53. The van der Waals surface area contributed by atoms with Gasteiger partial charge in [-0.05, 0) is 11.6 Å². The largest absolute Gasteiger partial charge is 0.297 e. The Hall–Kier alpha value is -0.940. The number of thiocarbonyl (C=S) groups is 1. The maximum Gasteiger partial charge on any atom is 0.232 e. The fourth-order valence-corrected chi connectivity index (χ4v) is 2.76. The summed E-state index contributed by atoms with van der Waals surface area (Å²) in [7, 11) is 0. The first-order valence-corrected chi connectivity index (χ1v) is 6.28. The van der Waals surface area contributed by atoms with E-state index in [2.05, 4.69) is 0 Å². The second-order valence-electron chi connectivity index (χ2n) is 3.43. The minimum atomic E-state index is -0.339. The van der Waals surface area contributed by atoms with Crippen LogP contribution in [0.3, 0.4) is 0 Å². The van der Waals surface area contributed by atoms with Gasteiger partial charge in [0.25, 0.3) is 0 Å². The molecule has 1 fully saturated rings. The van der Waals surface area contributed by atoms with E-state index in [0.29, 0.717) is 16.4 Å². The van der Waals surface area contributed by atoms with E-state index in [1.807, 2.05) is 0 Å². The Morgan fingerprint density at radius 2 is 2.25 bits per heavy atom. The van der Waals surface area contributed by atoms with Gasteiger partial charge >= 0.3 is 0 Å². The predicted octanol–water partition coefficient (Wildman–Crippen LogP) is 2.23. The molecule has 16 heavy (non-hydrogen) atoms. The van der Waals surface area contributed by atoms with Crippen LogP contribution in [0.25, 0.3) is 0 Å². The summed E-state index contributed by atoms with van der Waals surface area (Å²) in [5.41, 5.74) is 0.423. The molecule has 1 amide bonds. The van der Waals surface area contributed by atoms with Gasteiger partial charge in [-0.15, -0.1) is 0 Å². The molecule has 1 aliphatic heterocycles. The van der Waals surface area contributed by atoms with Crippen molar-refractivity contribution in [3.05, 3.63) is 35.6 Å². The van der Waals surface area contributed by atoms with Crippen molar-refractivity contribution in [2.24, 2.45) is 0 Å². The molecule has 0 spiro atoms. The van der Waals surface area contributed by atoms with Gasteiger partial charge in [-0.3, -0.25) is 9.69 Å². The summed E-state index contributed by atoms with van der Waals surface area (Å²) in [5, 5.41) is 0. The van der Waals surface area contributed by atoms with Crippen LogP contribution in [-0.4, -0.2) is 27.4 Å². The summed E-state index contributed by atoms with van der Waals surface area (Å²) < 4.78 is 13.9.